The molecule has 0 bridgehead atoms. The van der Waals surface area contributed by atoms with Crippen LogP contribution in [0.2, 0.25) is 0 Å². The lowest BCUT2D eigenvalue weighted by Crippen LogP contribution is -2.28. The smallest absolute Gasteiger partial charge is 0.0414 e. The predicted molar refractivity (Wildman–Crippen MR) is 93.0 cm³/mol. The lowest BCUT2D eigenvalue weighted by Gasteiger charge is -2.29. The van der Waals surface area contributed by atoms with Crippen LogP contribution in [0.3, 0.4) is 0 Å². The van der Waals surface area contributed by atoms with E-state index in [1.807, 2.05) is 0 Å². The molecule has 0 aromatic heterocycles. The third-order valence-electron chi connectivity index (χ3n) is 4.35. The van der Waals surface area contributed by atoms with E-state index in [-0.39, 0.29) is 0 Å². The first-order valence-electron chi connectivity index (χ1n) is 8.58. The average Bonchev–Trinajstić information content (AvgIpc) is 2.62. The molecule has 1 aromatic carbocycles. The van der Waals surface area contributed by atoms with Crippen LogP contribution in [0.5, 0.6) is 0 Å². The highest BCUT2D eigenvalue weighted by atomic mass is 15.1. The Morgan fingerprint density at radius 2 is 2.00 bits per heavy atom. The molecule has 1 atom stereocenters. The van der Waals surface area contributed by atoms with Gasteiger partial charge >= 0.3 is 0 Å². The molecular weight excluding hydrogens is 256 g/mol. The number of nitrogens with one attached hydrogen (secondary N) is 1. The second-order valence-corrected chi connectivity index (χ2v) is 7.51. The van der Waals surface area contributed by atoms with E-state index in [9.17, 15) is 0 Å². The third-order valence-corrected chi connectivity index (χ3v) is 4.35. The number of nitrogens with zero attached hydrogens (tertiary/aromatic N) is 1. The maximum Gasteiger partial charge on any atom is 0.0414 e. The zero-order valence-corrected chi connectivity index (χ0v) is 14.3. The van der Waals surface area contributed by atoms with Crippen molar-refractivity contribution in [3.8, 4) is 0 Å². The highest BCUT2D eigenvalue weighted by Crippen LogP contribution is 2.33. The summed E-state index contributed by atoms with van der Waals surface area (Å²) in [5.41, 5.74) is 3.35. The molecule has 1 heterocycles. The molecule has 118 valence electrons. The Hall–Kier alpha value is -1.02. The Bertz CT molecular complexity index is 433. The lowest BCUT2D eigenvalue weighted by atomic mass is 9.92. The van der Waals surface area contributed by atoms with Crippen LogP contribution in [0.25, 0.3) is 0 Å². The zero-order valence-electron chi connectivity index (χ0n) is 14.3. The summed E-state index contributed by atoms with van der Waals surface area (Å²) in [6, 6.07) is 9.53. The molecule has 0 aliphatic carbocycles. The van der Waals surface area contributed by atoms with Crippen molar-refractivity contribution >= 4 is 5.69 Å². The van der Waals surface area contributed by atoms with Crippen molar-refractivity contribution in [1.82, 2.24) is 5.32 Å². The Balaban J connectivity index is 2.16. The van der Waals surface area contributed by atoms with Crippen molar-refractivity contribution in [2.24, 2.45) is 5.41 Å². The number of rotatable bonds is 5. The van der Waals surface area contributed by atoms with Crippen molar-refractivity contribution in [1.29, 1.82) is 0 Å². The van der Waals surface area contributed by atoms with E-state index in [4.69, 9.17) is 0 Å². The maximum atomic E-state index is 3.73. The summed E-state index contributed by atoms with van der Waals surface area (Å²) in [5, 5.41) is 3.73. The molecule has 1 aliphatic heterocycles. The number of para-hydroxylation sites is 1. The number of anilines is 1. The molecule has 21 heavy (non-hydrogen) atoms. The summed E-state index contributed by atoms with van der Waals surface area (Å²) in [7, 11) is 0. The molecule has 0 radical (unpaired) electrons. The van der Waals surface area contributed by atoms with Crippen LogP contribution in [0, 0.1) is 5.41 Å². The van der Waals surface area contributed by atoms with Gasteiger partial charge in [-0.15, -0.1) is 0 Å². The Kier molecular flexibility index (Phi) is 5.69. The minimum Gasteiger partial charge on any atom is -0.371 e. The van der Waals surface area contributed by atoms with Gasteiger partial charge in [0.2, 0.25) is 0 Å². The number of hydrogen-bond acceptors (Lipinski definition) is 2. The summed E-state index contributed by atoms with van der Waals surface area (Å²) in [6.07, 6.45) is 4.98. The van der Waals surface area contributed by atoms with Crippen molar-refractivity contribution < 1.29 is 0 Å². The minimum absolute atomic E-state index is 0.404. The summed E-state index contributed by atoms with van der Waals surface area (Å²) < 4.78 is 0. The van der Waals surface area contributed by atoms with E-state index in [1.165, 1.54) is 50.0 Å². The predicted octanol–water partition coefficient (Wildman–Crippen LogP) is 4.76. The van der Waals surface area contributed by atoms with Gasteiger partial charge in [0.25, 0.3) is 0 Å². The molecule has 2 nitrogen and oxygen atoms in total. The van der Waals surface area contributed by atoms with Gasteiger partial charge in [-0.1, -0.05) is 45.9 Å². The molecular formula is C19H32N2. The second-order valence-electron chi connectivity index (χ2n) is 7.51. The fourth-order valence-corrected chi connectivity index (χ4v) is 3.07. The summed E-state index contributed by atoms with van der Waals surface area (Å²) in [6.45, 7) is 12.7. The SMILES string of the molecule is CCCNC1CCCN(CCC(C)(C)C)c2ccccc21. The topological polar surface area (TPSA) is 15.3 Å². The quantitative estimate of drug-likeness (QED) is 0.840. The molecule has 0 saturated carbocycles. The molecule has 0 fully saturated rings. The normalized spacial score (nSPS) is 19.2. The van der Waals surface area contributed by atoms with Gasteiger partial charge in [0, 0.05) is 24.8 Å². The minimum atomic E-state index is 0.404. The molecule has 1 unspecified atom stereocenters. The highest BCUT2D eigenvalue weighted by molar-refractivity contribution is 5.55. The van der Waals surface area contributed by atoms with Crippen molar-refractivity contribution in [2.75, 3.05) is 24.5 Å². The van der Waals surface area contributed by atoms with Gasteiger partial charge in [0.15, 0.2) is 0 Å². The van der Waals surface area contributed by atoms with Gasteiger partial charge < -0.3 is 10.2 Å². The number of benzene rings is 1. The van der Waals surface area contributed by atoms with Crippen LogP contribution < -0.4 is 10.2 Å². The highest BCUT2D eigenvalue weighted by Gasteiger charge is 2.23. The molecule has 1 N–H and O–H groups in total. The van der Waals surface area contributed by atoms with Crippen LogP contribution in [0.4, 0.5) is 5.69 Å². The third kappa shape index (κ3) is 4.74. The lowest BCUT2D eigenvalue weighted by molar-refractivity contribution is 0.378. The van der Waals surface area contributed by atoms with Crippen LogP contribution in [0.15, 0.2) is 24.3 Å². The van der Waals surface area contributed by atoms with Crippen LogP contribution in [-0.2, 0) is 0 Å². The summed E-state index contributed by atoms with van der Waals surface area (Å²) >= 11 is 0. The van der Waals surface area contributed by atoms with Crippen molar-refractivity contribution in [3.63, 3.8) is 0 Å². The first kappa shape index (κ1) is 16.4. The molecule has 2 rings (SSSR count). The van der Waals surface area contributed by atoms with Crippen LogP contribution in [-0.4, -0.2) is 19.6 Å². The van der Waals surface area contributed by atoms with Gasteiger partial charge in [-0.2, -0.15) is 0 Å². The first-order chi connectivity index (χ1) is 10.0. The van der Waals surface area contributed by atoms with Gasteiger partial charge in [-0.05, 0) is 49.3 Å². The molecule has 2 heteroatoms. The molecule has 0 spiro atoms. The molecule has 1 aliphatic rings. The van der Waals surface area contributed by atoms with Gasteiger partial charge in [-0.25, -0.2) is 0 Å². The fourth-order valence-electron chi connectivity index (χ4n) is 3.07. The summed E-state index contributed by atoms with van der Waals surface area (Å²) in [5.74, 6) is 0. The summed E-state index contributed by atoms with van der Waals surface area (Å²) in [4.78, 5) is 2.61. The van der Waals surface area contributed by atoms with E-state index in [1.54, 1.807) is 0 Å². The van der Waals surface area contributed by atoms with E-state index in [0.717, 1.165) is 6.54 Å². The number of hydrogen-bond donors (Lipinski definition) is 1. The largest absolute Gasteiger partial charge is 0.371 e. The Morgan fingerprint density at radius 1 is 1.24 bits per heavy atom. The molecule has 1 aromatic rings. The van der Waals surface area contributed by atoms with Crippen molar-refractivity contribution in [2.45, 2.75) is 59.4 Å². The van der Waals surface area contributed by atoms with Gasteiger partial charge in [-0.3, -0.25) is 0 Å². The molecule has 0 amide bonds. The zero-order chi connectivity index (χ0) is 15.3. The maximum absolute atomic E-state index is 3.73. The van der Waals surface area contributed by atoms with Gasteiger partial charge in [0.1, 0.15) is 0 Å². The van der Waals surface area contributed by atoms with E-state index in [2.05, 4.69) is 62.2 Å². The Morgan fingerprint density at radius 3 is 2.71 bits per heavy atom. The molecule has 0 saturated heterocycles. The van der Waals surface area contributed by atoms with Crippen LogP contribution in [0.1, 0.15) is 65.0 Å². The van der Waals surface area contributed by atoms with Gasteiger partial charge in [0.05, 0.1) is 0 Å². The van der Waals surface area contributed by atoms with Crippen molar-refractivity contribution in [3.05, 3.63) is 29.8 Å². The van der Waals surface area contributed by atoms with E-state index < -0.39 is 0 Å². The second kappa shape index (κ2) is 7.31. The van der Waals surface area contributed by atoms with E-state index >= 15 is 0 Å². The van der Waals surface area contributed by atoms with Crippen LogP contribution >= 0.6 is 0 Å². The average molecular weight is 288 g/mol. The Labute approximate surface area is 130 Å². The monoisotopic (exact) mass is 288 g/mol. The number of fused-ring (bicyclic) bond motifs is 1. The van der Waals surface area contributed by atoms with E-state index in [0.29, 0.717) is 11.5 Å². The standard InChI is InChI=1S/C19H32N2/c1-5-13-20-17-10-8-14-21(15-12-19(2,3)4)18-11-7-6-9-16(17)18/h6-7,9,11,17,20H,5,8,10,12-15H2,1-4H3. The first-order valence-corrected chi connectivity index (χ1v) is 8.58. The fraction of sp³-hybridized carbons (Fsp3) is 0.684.